The SMILES string of the molecule is COc1ccc(S2=C3NC(C(=O)OCc4ccccc4)CC=C3c3cn(Cn4cnnc4)c(C(=O)O)c32)cc1OC. The third kappa shape index (κ3) is 4.92. The van der Waals surface area contributed by atoms with Gasteiger partial charge in [0.1, 0.15) is 37.7 Å². The molecule has 0 bridgehead atoms. The van der Waals surface area contributed by atoms with Crippen LogP contribution in [-0.4, -0.2) is 61.6 Å². The van der Waals surface area contributed by atoms with E-state index in [2.05, 4.69) is 15.5 Å². The molecule has 41 heavy (non-hydrogen) atoms. The minimum atomic E-state index is -1.06. The third-order valence-corrected chi connectivity index (χ3v) is 9.21. The highest BCUT2D eigenvalue weighted by atomic mass is 32.2. The van der Waals surface area contributed by atoms with E-state index in [-0.39, 0.29) is 24.9 Å². The fourth-order valence-electron chi connectivity index (χ4n) is 5.03. The summed E-state index contributed by atoms with van der Waals surface area (Å²) in [6.07, 6.45) is 7.30. The van der Waals surface area contributed by atoms with Crippen molar-refractivity contribution in [1.29, 1.82) is 0 Å². The molecule has 0 amide bonds. The molecule has 210 valence electrons. The second-order valence-corrected chi connectivity index (χ2v) is 11.3. The lowest BCUT2D eigenvalue weighted by Gasteiger charge is -2.24. The predicted molar refractivity (Wildman–Crippen MR) is 151 cm³/mol. The van der Waals surface area contributed by atoms with Crippen LogP contribution in [0.4, 0.5) is 0 Å². The molecular formula is C29H27N5O6S. The largest absolute Gasteiger partial charge is 0.493 e. The minimum Gasteiger partial charge on any atom is -0.493 e. The van der Waals surface area contributed by atoms with Gasteiger partial charge in [-0.1, -0.05) is 36.4 Å². The predicted octanol–water partition coefficient (Wildman–Crippen LogP) is 3.62. The Morgan fingerprint density at radius 2 is 1.83 bits per heavy atom. The summed E-state index contributed by atoms with van der Waals surface area (Å²) in [7, 11) is 2.23. The smallest absolute Gasteiger partial charge is 0.353 e. The molecule has 0 spiro atoms. The van der Waals surface area contributed by atoms with E-state index in [4.69, 9.17) is 14.2 Å². The Morgan fingerprint density at radius 3 is 2.54 bits per heavy atom. The van der Waals surface area contributed by atoms with Gasteiger partial charge in [-0.05, 0) is 30.2 Å². The molecule has 2 aliphatic rings. The third-order valence-electron chi connectivity index (χ3n) is 6.92. The molecule has 0 radical (unpaired) electrons. The van der Waals surface area contributed by atoms with Crippen LogP contribution in [0.3, 0.4) is 0 Å². The van der Waals surface area contributed by atoms with E-state index in [0.29, 0.717) is 22.8 Å². The minimum absolute atomic E-state index is 0.152. The molecule has 0 aliphatic carbocycles. The zero-order chi connectivity index (χ0) is 28.5. The molecule has 4 heterocycles. The van der Waals surface area contributed by atoms with Crippen molar-refractivity contribution in [2.45, 2.75) is 35.5 Å². The Morgan fingerprint density at radius 1 is 1.07 bits per heavy atom. The van der Waals surface area contributed by atoms with Crippen LogP contribution in [0.25, 0.3) is 5.57 Å². The number of carbonyl (C=O) groups excluding carboxylic acids is 1. The number of methoxy groups -OCH3 is 2. The van der Waals surface area contributed by atoms with Gasteiger partial charge >= 0.3 is 11.9 Å². The molecule has 0 saturated carbocycles. The number of rotatable bonds is 9. The van der Waals surface area contributed by atoms with Gasteiger partial charge in [-0.25, -0.2) is 4.79 Å². The first kappa shape index (κ1) is 26.5. The lowest BCUT2D eigenvalue weighted by atomic mass is 10.0. The second kappa shape index (κ2) is 11.1. The number of aromatic carboxylic acids is 1. The summed E-state index contributed by atoms with van der Waals surface area (Å²) in [4.78, 5) is 28.1. The quantitative estimate of drug-likeness (QED) is 0.228. The second-order valence-electron chi connectivity index (χ2n) is 9.41. The molecule has 2 unspecified atom stereocenters. The lowest BCUT2D eigenvalue weighted by molar-refractivity contribution is -0.147. The maximum Gasteiger partial charge on any atom is 0.353 e. The molecule has 12 heteroatoms. The van der Waals surface area contributed by atoms with Crippen molar-refractivity contribution in [3.8, 4) is 11.5 Å². The Kier molecular flexibility index (Phi) is 7.16. The Hall–Kier alpha value is -4.68. The molecule has 2 aromatic carbocycles. The first-order chi connectivity index (χ1) is 20.0. The van der Waals surface area contributed by atoms with Crippen molar-refractivity contribution in [2.75, 3.05) is 14.2 Å². The topological polar surface area (TPSA) is 130 Å². The highest BCUT2D eigenvalue weighted by Gasteiger charge is 2.38. The van der Waals surface area contributed by atoms with E-state index in [0.717, 1.165) is 26.6 Å². The number of aromatic nitrogens is 4. The van der Waals surface area contributed by atoms with E-state index in [1.54, 1.807) is 29.4 Å². The van der Waals surface area contributed by atoms with E-state index in [1.807, 2.05) is 54.7 Å². The lowest BCUT2D eigenvalue weighted by Crippen LogP contribution is -2.43. The number of carbonyl (C=O) groups is 2. The molecule has 2 aliphatic heterocycles. The summed E-state index contributed by atoms with van der Waals surface area (Å²) in [6, 6.07) is 14.4. The van der Waals surface area contributed by atoms with E-state index >= 15 is 0 Å². The zero-order valence-corrected chi connectivity index (χ0v) is 23.1. The van der Waals surface area contributed by atoms with Crippen LogP contribution in [-0.2, 0) is 22.8 Å². The van der Waals surface area contributed by atoms with Gasteiger partial charge in [-0.15, -0.1) is 20.7 Å². The average molecular weight is 574 g/mol. The van der Waals surface area contributed by atoms with Gasteiger partial charge in [0.25, 0.3) is 0 Å². The Balaban J connectivity index is 1.44. The monoisotopic (exact) mass is 573 g/mol. The Labute approximate surface area is 237 Å². The number of ether oxygens (including phenoxy) is 3. The van der Waals surface area contributed by atoms with Crippen molar-refractivity contribution in [3.05, 3.63) is 90.3 Å². The standard InChI is InChI=1S/C29H27N5O6S/c1-38-23-11-8-19(12-24(23)39-2)41-26-21(13-34(25(26)28(35)36)17-33-15-30-31-16-33)20-9-10-22(32-27(20)41)29(37)40-14-18-6-4-3-5-7-18/h3-9,11-13,15-16,22,32H,10,14,17H2,1-2H3,(H,35,36). The molecule has 2 aromatic heterocycles. The number of benzene rings is 2. The van der Waals surface area contributed by atoms with Crippen molar-refractivity contribution >= 4 is 33.0 Å². The van der Waals surface area contributed by atoms with Crippen molar-refractivity contribution < 1.29 is 28.9 Å². The van der Waals surface area contributed by atoms with Gasteiger partial charge < -0.3 is 28.5 Å². The van der Waals surface area contributed by atoms with Gasteiger partial charge in [0.15, 0.2) is 11.5 Å². The number of carboxylic acid groups (broad SMARTS) is 1. The number of hydrogen-bond acceptors (Lipinski definition) is 8. The number of esters is 1. The number of fused-ring (bicyclic) bond motifs is 3. The summed E-state index contributed by atoms with van der Waals surface area (Å²) < 4.78 is 20.0. The van der Waals surface area contributed by atoms with Gasteiger partial charge in [0, 0.05) is 27.1 Å². The van der Waals surface area contributed by atoms with E-state index < -0.39 is 22.5 Å². The molecule has 11 nitrogen and oxygen atoms in total. The van der Waals surface area contributed by atoms with Crippen LogP contribution in [0.15, 0.2) is 83.2 Å². The van der Waals surface area contributed by atoms with Gasteiger partial charge in [0.2, 0.25) is 0 Å². The molecule has 2 atom stereocenters. The highest BCUT2D eigenvalue weighted by Crippen LogP contribution is 2.53. The molecule has 6 rings (SSSR count). The first-order valence-corrected chi connectivity index (χ1v) is 14.0. The summed E-state index contributed by atoms with van der Waals surface area (Å²) in [5, 5.41) is 21.5. The van der Waals surface area contributed by atoms with Gasteiger partial charge in [-0.2, -0.15) is 0 Å². The fraction of sp³-hybridized carbons (Fsp3) is 0.207. The summed E-state index contributed by atoms with van der Waals surface area (Å²) in [5.74, 6) is -0.355. The van der Waals surface area contributed by atoms with Crippen molar-refractivity contribution in [1.82, 2.24) is 24.6 Å². The van der Waals surface area contributed by atoms with Crippen LogP contribution in [0.2, 0.25) is 0 Å². The first-order valence-electron chi connectivity index (χ1n) is 12.8. The Bertz CT molecular complexity index is 1690. The molecule has 0 saturated heterocycles. The maximum absolute atomic E-state index is 13.1. The van der Waals surface area contributed by atoms with Crippen LogP contribution < -0.4 is 14.8 Å². The summed E-state index contributed by atoms with van der Waals surface area (Å²) in [5.41, 5.74) is 2.72. The van der Waals surface area contributed by atoms with Crippen LogP contribution >= 0.6 is 10.5 Å². The van der Waals surface area contributed by atoms with Crippen LogP contribution in [0, 0.1) is 0 Å². The number of nitrogens with one attached hydrogen (secondary N) is 1. The van der Waals surface area contributed by atoms with Gasteiger partial charge in [0.05, 0.1) is 19.2 Å². The zero-order valence-electron chi connectivity index (χ0n) is 22.3. The summed E-state index contributed by atoms with van der Waals surface area (Å²) >= 11 is 0. The number of hydrogen-bond donors (Lipinski definition) is 2. The molecule has 2 N–H and O–H groups in total. The molecule has 0 fully saturated rings. The molecule has 4 aromatic rings. The van der Waals surface area contributed by atoms with Crippen LogP contribution in [0.5, 0.6) is 11.5 Å². The number of nitrogens with zero attached hydrogens (tertiary/aromatic N) is 4. The fourth-order valence-corrected chi connectivity index (χ4v) is 7.59. The average Bonchev–Trinajstić information content (AvgIpc) is 3.71. The normalized spacial score (nSPS) is 17.4. The van der Waals surface area contributed by atoms with Crippen molar-refractivity contribution in [3.63, 3.8) is 0 Å². The maximum atomic E-state index is 13.1. The van der Waals surface area contributed by atoms with Gasteiger partial charge in [-0.3, -0.25) is 10.1 Å². The van der Waals surface area contributed by atoms with E-state index in [1.165, 1.54) is 12.7 Å². The summed E-state index contributed by atoms with van der Waals surface area (Å²) in [6.45, 7) is 0.401. The van der Waals surface area contributed by atoms with E-state index in [9.17, 15) is 14.7 Å². The number of carboxylic acids is 1. The highest BCUT2D eigenvalue weighted by molar-refractivity contribution is 8.17. The van der Waals surface area contributed by atoms with Crippen molar-refractivity contribution in [2.24, 2.45) is 0 Å². The van der Waals surface area contributed by atoms with Crippen LogP contribution in [0.1, 0.15) is 28.0 Å². The molecular weight excluding hydrogens is 546 g/mol.